The summed E-state index contributed by atoms with van der Waals surface area (Å²) in [6, 6.07) is 7.09. The van der Waals surface area contributed by atoms with Gasteiger partial charge in [-0.05, 0) is 31.5 Å². The summed E-state index contributed by atoms with van der Waals surface area (Å²) in [6.07, 6.45) is 0. The van der Waals surface area contributed by atoms with Crippen molar-refractivity contribution in [3.05, 3.63) is 35.4 Å². The van der Waals surface area contributed by atoms with Crippen LogP contribution in [0.3, 0.4) is 0 Å². The number of carbonyl (C=O) groups is 2. The molecule has 1 aromatic carbocycles. The van der Waals surface area contributed by atoms with E-state index in [0.29, 0.717) is 12.1 Å². The van der Waals surface area contributed by atoms with Crippen LogP contribution in [0.5, 0.6) is 0 Å². The highest BCUT2D eigenvalue weighted by molar-refractivity contribution is 5.94. The first-order valence-corrected chi connectivity index (χ1v) is 6.20. The smallest absolute Gasteiger partial charge is 0.251 e. The van der Waals surface area contributed by atoms with Crippen molar-refractivity contribution in [2.45, 2.75) is 20.4 Å². The Morgan fingerprint density at radius 3 is 2.20 bits per heavy atom. The molecule has 0 atom stereocenters. The van der Waals surface area contributed by atoms with E-state index in [0.717, 1.165) is 5.56 Å². The molecule has 6 heteroatoms. The molecule has 0 fully saturated rings. The van der Waals surface area contributed by atoms with Gasteiger partial charge in [0, 0.05) is 25.7 Å². The van der Waals surface area contributed by atoms with Gasteiger partial charge in [0.25, 0.3) is 5.91 Å². The van der Waals surface area contributed by atoms with E-state index in [9.17, 15) is 9.59 Å². The minimum Gasteiger partial charge on any atom is -0.359 e. The van der Waals surface area contributed by atoms with E-state index >= 15 is 0 Å². The molecule has 1 rings (SSSR count). The maximum absolute atomic E-state index is 11.9. The van der Waals surface area contributed by atoms with Crippen molar-refractivity contribution in [1.82, 2.24) is 10.6 Å². The van der Waals surface area contributed by atoms with E-state index in [1.807, 2.05) is 12.1 Å². The molecule has 2 amide bonds. The second kappa shape index (κ2) is 7.87. The highest BCUT2D eigenvalue weighted by atomic mass is 35.5. The minimum atomic E-state index is -0.637. The third-order valence-electron chi connectivity index (χ3n) is 2.98. The molecule has 0 saturated heterocycles. The summed E-state index contributed by atoms with van der Waals surface area (Å²) in [5.74, 6) is -0.299. The number of nitrogens with one attached hydrogen (secondary N) is 2. The monoisotopic (exact) mass is 299 g/mol. The van der Waals surface area contributed by atoms with Crippen LogP contribution in [-0.4, -0.2) is 25.4 Å². The Morgan fingerprint density at radius 2 is 1.75 bits per heavy atom. The molecule has 112 valence electrons. The normalized spacial score (nSPS) is 10.4. The van der Waals surface area contributed by atoms with Crippen molar-refractivity contribution in [1.29, 1.82) is 0 Å². The molecular weight excluding hydrogens is 278 g/mol. The quantitative estimate of drug-likeness (QED) is 0.760. The predicted octanol–water partition coefficient (Wildman–Crippen LogP) is 1.07. The van der Waals surface area contributed by atoms with Crippen LogP contribution in [0, 0.1) is 5.41 Å². The molecular formula is C14H22ClN3O2. The van der Waals surface area contributed by atoms with Gasteiger partial charge in [0.15, 0.2) is 0 Å². The van der Waals surface area contributed by atoms with E-state index in [-0.39, 0.29) is 30.8 Å². The topological polar surface area (TPSA) is 84.2 Å². The minimum absolute atomic E-state index is 0. The van der Waals surface area contributed by atoms with E-state index in [1.165, 1.54) is 0 Å². The van der Waals surface area contributed by atoms with E-state index in [1.54, 1.807) is 33.0 Å². The molecule has 20 heavy (non-hydrogen) atoms. The number of hydrogen-bond acceptors (Lipinski definition) is 3. The van der Waals surface area contributed by atoms with Gasteiger partial charge in [0.2, 0.25) is 5.91 Å². The standard InChI is InChI=1S/C14H21N3O2.ClH/c1-14(2,13(19)16-3)9-17-12(18)11-6-4-10(8-15)5-7-11;/h4-7H,8-9,15H2,1-3H3,(H,16,19)(H,17,18);1H. The van der Waals surface area contributed by atoms with Gasteiger partial charge in [-0.1, -0.05) is 12.1 Å². The van der Waals surface area contributed by atoms with Gasteiger partial charge >= 0.3 is 0 Å². The molecule has 5 nitrogen and oxygen atoms in total. The van der Waals surface area contributed by atoms with E-state index < -0.39 is 5.41 Å². The lowest BCUT2D eigenvalue weighted by Gasteiger charge is -2.22. The molecule has 0 radical (unpaired) electrons. The van der Waals surface area contributed by atoms with Crippen LogP contribution < -0.4 is 16.4 Å². The average Bonchev–Trinajstić information content (AvgIpc) is 2.43. The summed E-state index contributed by atoms with van der Waals surface area (Å²) in [6.45, 7) is 4.29. The molecule has 0 bridgehead atoms. The number of nitrogens with two attached hydrogens (primary N) is 1. The Morgan fingerprint density at radius 1 is 1.20 bits per heavy atom. The van der Waals surface area contributed by atoms with Crippen molar-refractivity contribution in [2.75, 3.05) is 13.6 Å². The average molecular weight is 300 g/mol. The fraction of sp³-hybridized carbons (Fsp3) is 0.429. The van der Waals surface area contributed by atoms with Gasteiger partial charge in [0.05, 0.1) is 5.41 Å². The van der Waals surface area contributed by atoms with Gasteiger partial charge < -0.3 is 16.4 Å². The predicted molar refractivity (Wildman–Crippen MR) is 81.8 cm³/mol. The lowest BCUT2D eigenvalue weighted by molar-refractivity contribution is -0.128. The summed E-state index contributed by atoms with van der Waals surface area (Å²) in [5.41, 5.74) is 6.39. The molecule has 0 saturated carbocycles. The Bertz CT molecular complexity index is 458. The van der Waals surface area contributed by atoms with Crippen LogP contribution in [0.15, 0.2) is 24.3 Å². The molecule has 0 aliphatic carbocycles. The summed E-state index contributed by atoms with van der Waals surface area (Å²) >= 11 is 0. The molecule has 0 heterocycles. The largest absolute Gasteiger partial charge is 0.359 e. The fourth-order valence-electron chi connectivity index (χ4n) is 1.61. The number of hydrogen-bond donors (Lipinski definition) is 3. The van der Waals surface area contributed by atoms with Crippen LogP contribution in [0.4, 0.5) is 0 Å². The summed E-state index contributed by atoms with van der Waals surface area (Å²) < 4.78 is 0. The Balaban J connectivity index is 0.00000361. The summed E-state index contributed by atoms with van der Waals surface area (Å²) in [4.78, 5) is 23.5. The van der Waals surface area contributed by atoms with Gasteiger partial charge in [-0.15, -0.1) is 12.4 Å². The summed E-state index contributed by atoms with van der Waals surface area (Å²) in [7, 11) is 1.58. The van der Waals surface area contributed by atoms with E-state index in [2.05, 4.69) is 10.6 Å². The highest BCUT2D eigenvalue weighted by Gasteiger charge is 2.27. The van der Waals surface area contributed by atoms with Crippen molar-refractivity contribution in [2.24, 2.45) is 11.1 Å². The molecule has 0 aromatic heterocycles. The van der Waals surface area contributed by atoms with Crippen LogP contribution >= 0.6 is 12.4 Å². The first-order valence-electron chi connectivity index (χ1n) is 6.20. The van der Waals surface area contributed by atoms with Crippen LogP contribution in [0.25, 0.3) is 0 Å². The van der Waals surface area contributed by atoms with Crippen LogP contribution in [-0.2, 0) is 11.3 Å². The summed E-state index contributed by atoms with van der Waals surface area (Å²) in [5, 5.41) is 5.34. The third kappa shape index (κ3) is 4.83. The molecule has 0 unspecified atom stereocenters. The van der Waals surface area contributed by atoms with Gasteiger partial charge in [-0.2, -0.15) is 0 Å². The van der Waals surface area contributed by atoms with Crippen LogP contribution in [0.2, 0.25) is 0 Å². The van der Waals surface area contributed by atoms with Crippen molar-refractivity contribution < 1.29 is 9.59 Å². The zero-order valence-corrected chi connectivity index (χ0v) is 12.8. The third-order valence-corrected chi connectivity index (χ3v) is 2.98. The lowest BCUT2D eigenvalue weighted by Crippen LogP contribution is -2.43. The Labute approximate surface area is 125 Å². The molecule has 4 N–H and O–H groups in total. The molecule has 0 spiro atoms. The first-order chi connectivity index (χ1) is 8.90. The molecule has 0 aliphatic rings. The van der Waals surface area contributed by atoms with Crippen molar-refractivity contribution in [3.8, 4) is 0 Å². The second-order valence-corrected chi connectivity index (χ2v) is 5.05. The van der Waals surface area contributed by atoms with Gasteiger partial charge in [0.1, 0.15) is 0 Å². The Hall–Kier alpha value is -1.59. The van der Waals surface area contributed by atoms with Crippen molar-refractivity contribution in [3.63, 3.8) is 0 Å². The van der Waals surface area contributed by atoms with Crippen molar-refractivity contribution >= 4 is 24.2 Å². The molecule has 1 aromatic rings. The number of carbonyl (C=O) groups excluding carboxylic acids is 2. The van der Waals surface area contributed by atoms with Crippen LogP contribution in [0.1, 0.15) is 29.8 Å². The fourth-order valence-corrected chi connectivity index (χ4v) is 1.61. The lowest BCUT2D eigenvalue weighted by atomic mass is 9.92. The maximum Gasteiger partial charge on any atom is 0.251 e. The number of rotatable bonds is 5. The zero-order chi connectivity index (χ0) is 14.5. The Kier molecular flexibility index (Phi) is 7.24. The number of amides is 2. The number of halogens is 1. The van der Waals surface area contributed by atoms with Gasteiger partial charge in [-0.25, -0.2) is 0 Å². The first kappa shape index (κ1) is 18.4. The number of benzene rings is 1. The SMILES string of the molecule is CNC(=O)C(C)(C)CNC(=O)c1ccc(CN)cc1.Cl. The second-order valence-electron chi connectivity index (χ2n) is 5.05. The zero-order valence-electron chi connectivity index (χ0n) is 12.0. The van der Waals surface area contributed by atoms with Gasteiger partial charge in [-0.3, -0.25) is 9.59 Å². The highest BCUT2D eigenvalue weighted by Crippen LogP contribution is 2.13. The molecule has 0 aliphatic heterocycles. The maximum atomic E-state index is 11.9. The van der Waals surface area contributed by atoms with E-state index in [4.69, 9.17) is 5.73 Å².